The zero-order chi connectivity index (χ0) is 19.2. The van der Waals surface area contributed by atoms with Crippen LogP contribution in [0.5, 0.6) is 5.75 Å². The Bertz CT molecular complexity index is 961. The lowest BCUT2D eigenvalue weighted by Crippen LogP contribution is -2.24. The second-order valence-electron chi connectivity index (χ2n) is 5.72. The molecule has 0 spiro atoms. The molecule has 2 aromatic carbocycles. The zero-order valence-corrected chi connectivity index (χ0v) is 14.6. The molecule has 3 aromatic rings. The summed E-state index contributed by atoms with van der Waals surface area (Å²) < 4.78 is 29.2. The summed E-state index contributed by atoms with van der Waals surface area (Å²) in [6, 6.07) is 12.8. The summed E-state index contributed by atoms with van der Waals surface area (Å²) in [6.45, 7) is 1.79. The van der Waals surface area contributed by atoms with Crippen LogP contribution < -0.4 is 10.5 Å². The van der Waals surface area contributed by atoms with Crippen LogP contribution >= 0.6 is 0 Å². The number of halogens is 1. The fourth-order valence-electron chi connectivity index (χ4n) is 2.23. The van der Waals surface area contributed by atoms with Crippen molar-refractivity contribution in [1.82, 2.24) is 9.78 Å². The van der Waals surface area contributed by atoms with Gasteiger partial charge < -0.3 is 13.9 Å². The van der Waals surface area contributed by atoms with Gasteiger partial charge in [0.25, 0.3) is 0 Å². The molecule has 0 aliphatic heterocycles. The van der Waals surface area contributed by atoms with Crippen LogP contribution in [0.25, 0.3) is 11.5 Å². The maximum absolute atomic E-state index is 12.9. The monoisotopic (exact) mass is 372 g/mol. The van der Waals surface area contributed by atoms with E-state index in [1.807, 2.05) is 31.2 Å². The van der Waals surface area contributed by atoms with Crippen LogP contribution in [0.4, 0.5) is 4.39 Å². The van der Waals surface area contributed by atoms with Gasteiger partial charge in [-0.1, -0.05) is 17.7 Å². The first-order valence-corrected chi connectivity index (χ1v) is 8.20. The lowest BCUT2D eigenvalue weighted by molar-refractivity contribution is -0.145. The molecule has 0 fully saturated rings. The SMILES string of the molecule is Cc1ccc(OCCOC(=O)Cn2nc(-c3ccc(F)cc3)oc2=O)cc1. The highest BCUT2D eigenvalue weighted by atomic mass is 19.1. The van der Waals surface area contributed by atoms with Crippen molar-refractivity contribution in [3.05, 3.63) is 70.5 Å². The highest BCUT2D eigenvalue weighted by molar-refractivity contribution is 5.69. The van der Waals surface area contributed by atoms with Crippen LogP contribution in [0.3, 0.4) is 0 Å². The van der Waals surface area contributed by atoms with Crippen LogP contribution in [-0.2, 0) is 16.1 Å². The third kappa shape index (κ3) is 5.04. The van der Waals surface area contributed by atoms with Gasteiger partial charge in [0.05, 0.1) is 0 Å². The van der Waals surface area contributed by atoms with E-state index >= 15 is 0 Å². The van der Waals surface area contributed by atoms with E-state index in [1.54, 1.807) is 0 Å². The van der Waals surface area contributed by atoms with E-state index in [1.165, 1.54) is 24.3 Å². The quantitative estimate of drug-likeness (QED) is 0.468. The number of carbonyl (C=O) groups is 1. The predicted octanol–water partition coefficient (Wildman–Crippen LogP) is 2.57. The van der Waals surface area contributed by atoms with Crippen LogP contribution in [0.1, 0.15) is 5.56 Å². The summed E-state index contributed by atoms with van der Waals surface area (Å²) in [5.74, 6) is -1.20. The minimum absolute atomic E-state index is 0.00416. The predicted molar refractivity (Wildman–Crippen MR) is 93.8 cm³/mol. The van der Waals surface area contributed by atoms with Gasteiger partial charge in [0.15, 0.2) is 0 Å². The van der Waals surface area contributed by atoms with Gasteiger partial charge in [-0.15, -0.1) is 5.10 Å². The van der Waals surface area contributed by atoms with E-state index in [4.69, 9.17) is 13.9 Å². The molecule has 0 saturated carbocycles. The number of aryl methyl sites for hydroxylation is 1. The topological polar surface area (TPSA) is 83.6 Å². The molecule has 0 atom stereocenters. The first-order chi connectivity index (χ1) is 13.0. The largest absolute Gasteiger partial charge is 0.490 e. The van der Waals surface area contributed by atoms with Crippen molar-refractivity contribution in [2.75, 3.05) is 13.2 Å². The van der Waals surface area contributed by atoms with Crippen molar-refractivity contribution in [2.24, 2.45) is 0 Å². The Morgan fingerprint density at radius 3 is 2.52 bits per heavy atom. The van der Waals surface area contributed by atoms with Crippen molar-refractivity contribution in [1.29, 1.82) is 0 Å². The maximum atomic E-state index is 12.9. The van der Waals surface area contributed by atoms with Crippen LogP contribution in [0.2, 0.25) is 0 Å². The minimum Gasteiger partial charge on any atom is -0.490 e. The Morgan fingerprint density at radius 1 is 1.11 bits per heavy atom. The van der Waals surface area contributed by atoms with Gasteiger partial charge in [-0.3, -0.25) is 4.79 Å². The van der Waals surface area contributed by atoms with Crippen molar-refractivity contribution in [3.63, 3.8) is 0 Å². The molecule has 140 valence electrons. The summed E-state index contributed by atoms with van der Waals surface area (Å²) in [5.41, 5.74) is 1.54. The summed E-state index contributed by atoms with van der Waals surface area (Å²) in [4.78, 5) is 23.6. The standard InChI is InChI=1S/C19H17FN2O5/c1-13-2-8-16(9-3-13)25-10-11-26-17(23)12-22-19(24)27-18(21-22)14-4-6-15(20)7-5-14/h2-9H,10-12H2,1H3. The highest BCUT2D eigenvalue weighted by Gasteiger charge is 2.14. The maximum Gasteiger partial charge on any atom is 0.437 e. The average Bonchev–Trinajstić information content (AvgIpc) is 3.01. The summed E-state index contributed by atoms with van der Waals surface area (Å²) in [6.07, 6.45) is 0. The van der Waals surface area contributed by atoms with Gasteiger partial charge in [0.2, 0.25) is 5.89 Å². The van der Waals surface area contributed by atoms with E-state index in [9.17, 15) is 14.0 Å². The number of hydrogen-bond donors (Lipinski definition) is 0. The van der Waals surface area contributed by atoms with E-state index in [2.05, 4.69) is 5.10 Å². The molecule has 0 N–H and O–H groups in total. The van der Waals surface area contributed by atoms with Gasteiger partial charge in [0.1, 0.15) is 31.3 Å². The number of aromatic nitrogens is 2. The Labute approximate surface area is 153 Å². The molecular formula is C19H17FN2O5. The third-order valence-corrected chi connectivity index (χ3v) is 3.61. The molecule has 27 heavy (non-hydrogen) atoms. The van der Waals surface area contributed by atoms with Gasteiger partial charge in [-0.25, -0.2) is 9.18 Å². The van der Waals surface area contributed by atoms with Gasteiger partial charge in [0, 0.05) is 5.56 Å². The molecule has 3 rings (SSSR count). The van der Waals surface area contributed by atoms with Crippen molar-refractivity contribution < 1.29 is 23.1 Å². The second-order valence-corrected chi connectivity index (χ2v) is 5.72. The lowest BCUT2D eigenvalue weighted by Gasteiger charge is -2.07. The van der Waals surface area contributed by atoms with E-state index in [-0.39, 0.29) is 19.1 Å². The number of ether oxygens (including phenoxy) is 2. The van der Waals surface area contributed by atoms with E-state index in [0.29, 0.717) is 11.3 Å². The van der Waals surface area contributed by atoms with Crippen LogP contribution in [0.15, 0.2) is 57.7 Å². The first kappa shape index (κ1) is 18.4. The first-order valence-electron chi connectivity index (χ1n) is 8.20. The molecule has 0 radical (unpaired) electrons. The lowest BCUT2D eigenvalue weighted by atomic mass is 10.2. The molecule has 0 aliphatic carbocycles. The summed E-state index contributed by atoms with van der Waals surface area (Å²) >= 11 is 0. The second kappa shape index (κ2) is 8.31. The Hall–Kier alpha value is -3.42. The third-order valence-electron chi connectivity index (χ3n) is 3.61. The summed E-state index contributed by atoms with van der Waals surface area (Å²) in [5, 5.41) is 3.92. The smallest absolute Gasteiger partial charge is 0.437 e. The molecule has 1 heterocycles. The number of benzene rings is 2. The Kier molecular flexibility index (Phi) is 5.65. The van der Waals surface area contributed by atoms with Crippen molar-refractivity contribution >= 4 is 5.97 Å². The van der Waals surface area contributed by atoms with Gasteiger partial charge in [-0.05, 0) is 43.3 Å². The van der Waals surface area contributed by atoms with Crippen LogP contribution in [-0.4, -0.2) is 29.0 Å². The van der Waals surface area contributed by atoms with Crippen molar-refractivity contribution in [3.8, 4) is 17.2 Å². The molecule has 0 bridgehead atoms. The molecule has 0 aliphatic rings. The van der Waals surface area contributed by atoms with Crippen molar-refractivity contribution in [2.45, 2.75) is 13.5 Å². The minimum atomic E-state index is -0.804. The fourth-order valence-corrected chi connectivity index (χ4v) is 2.23. The zero-order valence-electron chi connectivity index (χ0n) is 14.6. The molecule has 8 heteroatoms. The normalized spacial score (nSPS) is 10.6. The van der Waals surface area contributed by atoms with Gasteiger partial charge in [-0.2, -0.15) is 4.68 Å². The van der Waals surface area contributed by atoms with E-state index < -0.39 is 24.1 Å². The molecule has 1 aromatic heterocycles. The van der Waals surface area contributed by atoms with E-state index in [0.717, 1.165) is 10.2 Å². The van der Waals surface area contributed by atoms with Crippen LogP contribution in [0, 0.1) is 12.7 Å². The molecular weight excluding hydrogens is 355 g/mol. The number of nitrogens with zero attached hydrogens (tertiary/aromatic N) is 2. The average molecular weight is 372 g/mol. The number of rotatable bonds is 7. The number of hydrogen-bond acceptors (Lipinski definition) is 6. The van der Waals surface area contributed by atoms with Gasteiger partial charge >= 0.3 is 11.7 Å². The fraction of sp³-hybridized carbons (Fsp3) is 0.211. The Morgan fingerprint density at radius 2 is 1.81 bits per heavy atom. The number of esters is 1. The molecule has 0 unspecified atom stereocenters. The molecule has 7 nitrogen and oxygen atoms in total. The number of carbonyl (C=O) groups excluding carboxylic acids is 1. The molecule has 0 saturated heterocycles. The molecule has 0 amide bonds. The summed E-state index contributed by atoms with van der Waals surface area (Å²) in [7, 11) is 0. The Balaban J connectivity index is 1.50. The highest BCUT2D eigenvalue weighted by Crippen LogP contribution is 2.15.